The molecule has 1 atom stereocenters. The summed E-state index contributed by atoms with van der Waals surface area (Å²) < 4.78 is 0.591. The molecule has 1 aromatic heterocycles. The molecule has 1 fully saturated rings. The van der Waals surface area contributed by atoms with Crippen molar-refractivity contribution in [2.45, 2.75) is 6.04 Å². The van der Waals surface area contributed by atoms with E-state index in [0.717, 1.165) is 31.1 Å². The molecule has 6 nitrogen and oxygen atoms in total. The molecule has 23 heavy (non-hydrogen) atoms. The van der Waals surface area contributed by atoms with E-state index in [9.17, 15) is 15.2 Å². The molecule has 0 unspecified atom stereocenters. The van der Waals surface area contributed by atoms with Gasteiger partial charge in [0.05, 0.1) is 11.0 Å². The van der Waals surface area contributed by atoms with Gasteiger partial charge in [0.15, 0.2) is 5.75 Å². The lowest BCUT2D eigenvalue weighted by Gasteiger charge is -2.35. The van der Waals surface area contributed by atoms with E-state index in [1.54, 1.807) is 17.4 Å². The minimum Gasteiger partial charge on any atom is -0.502 e. The van der Waals surface area contributed by atoms with Gasteiger partial charge in [0.25, 0.3) is 0 Å². The number of rotatable bonds is 4. The third-order valence-electron chi connectivity index (χ3n) is 3.90. The number of hydrogen-bond acceptors (Lipinski definition) is 6. The first-order valence-corrected chi connectivity index (χ1v) is 8.90. The summed E-state index contributed by atoms with van der Waals surface area (Å²) >= 11 is 4.92. The summed E-state index contributed by atoms with van der Waals surface area (Å²) in [5, 5.41) is 27.0. The van der Waals surface area contributed by atoms with Crippen molar-refractivity contribution in [2.75, 3.05) is 26.2 Å². The van der Waals surface area contributed by atoms with E-state index in [-0.39, 0.29) is 17.5 Å². The molecule has 1 saturated heterocycles. The van der Waals surface area contributed by atoms with Crippen molar-refractivity contribution in [3.63, 3.8) is 0 Å². The highest BCUT2D eigenvalue weighted by Crippen LogP contribution is 2.42. The lowest BCUT2D eigenvalue weighted by molar-refractivity contribution is -0.386. The Kier molecular flexibility index (Phi) is 4.96. The fourth-order valence-corrected chi connectivity index (χ4v) is 4.21. The van der Waals surface area contributed by atoms with Crippen LogP contribution in [0.4, 0.5) is 5.69 Å². The second-order valence-electron chi connectivity index (χ2n) is 5.32. The first-order valence-electron chi connectivity index (χ1n) is 7.23. The highest BCUT2D eigenvalue weighted by molar-refractivity contribution is 9.10. The van der Waals surface area contributed by atoms with E-state index in [2.05, 4.69) is 26.1 Å². The summed E-state index contributed by atoms with van der Waals surface area (Å²) in [6, 6.07) is 6.88. The van der Waals surface area contributed by atoms with Crippen molar-refractivity contribution < 1.29 is 10.0 Å². The minimum absolute atomic E-state index is 0.187. The molecule has 0 spiro atoms. The number of piperazine rings is 1. The van der Waals surface area contributed by atoms with E-state index in [4.69, 9.17) is 0 Å². The van der Waals surface area contributed by atoms with Crippen LogP contribution in [0.25, 0.3) is 0 Å². The molecule has 0 aliphatic carbocycles. The molecule has 0 bridgehead atoms. The average molecular weight is 398 g/mol. The minimum atomic E-state index is -0.549. The second kappa shape index (κ2) is 6.96. The van der Waals surface area contributed by atoms with Gasteiger partial charge in [-0.1, -0.05) is 22.0 Å². The predicted molar refractivity (Wildman–Crippen MR) is 93.1 cm³/mol. The van der Waals surface area contributed by atoms with Crippen LogP contribution in [0.15, 0.2) is 34.1 Å². The summed E-state index contributed by atoms with van der Waals surface area (Å²) in [6.07, 6.45) is 0. The molecule has 2 aromatic rings. The lowest BCUT2D eigenvalue weighted by Crippen LogP contribution is -2.45. The zero-order valence-electron chi connectivity index (χ0n) is 12.2. The van der Waals surface area contributed by atoms with Crippen LogP contribution in [0.3, 0.4) is 0 Å². The highest BCUT2D eigenvalue weighted by atomic mass is 79.9. The number of nitrogens with one attached hydrogen (secondary N) is 1. The summed E-state index contributed by atoms with van der Waals surface area (Å²) in [4.78, 5) is 14.0. The largest absolute Gasteiger partial charge is 0.502 e. The van der Waals surface area contributed by atoms with Crippen molar-refractivity contribution in [1.29, 1.82) is 0 Å². The van der Waals surface area contributed by atoms with Crippen molar-refractivity contribution in [1.82, 2.24) is 10.2 Å². The van der Waals surface area contributed by atoms with Gasteiger partial charge in [0.2, 0.25) is 0 Å². The van der Waals surface area contributed by atoms with Crippen LogP contribution in [0.2, 0.25) is 0 Å². The van der Waals surface area contributed by atoms with E-state index in [1.165, 1.54) is 6.07 Å². The van der Waals surface area contributed by atoms with Gasteiger partial charge in [0.1, 0.15) is 0 Å². The van der Waals surface area contributed by atoms with Gasteiger partial charge in [0, 0.05) is 47.2 Å². The number of nitro groups is 1. The molecule has 0 amide bonds. The van der Waals surface area contributed by atoms with Crippen LogP contribution in [0.1, 0.15) is 16.5 Å². The van der Waals surface area contributed by atoms with Gasteiger partial charge in [-0.15, -0.1) is 11.3 Å². The van der Waals surface area contributed by atoms with Gasteiger partial charge < -0.3 is 10.4 Å². The number of aromatic hydroxyl groups is 1. The summed E-state index contributed by atoms with van der Waals surface area (Å²) in [7, 11) is 0. The Balaban J connectivity index is 2.11. The number of phenols is 1. The van der Waals surface area contributed by atoms with Crippen LogP contribution in [0.5, 0.6) is 5.75 Å². The predicted octanol–water partition coefficient (Wildman–Crippen LogP) is 3.12. The average Bonchev–Trinajstić information content (AvgIpc) is 3.05. The number of benzene rings is 1. The van der Waals surface area contributed by atoms with E-state index in [1.807, 2.05) is 17.5 Å². The maximum atomic E-state index is 11.2. The van der Waals surface area contributed by atoms with Crippen LogP contribution in [-0.2, 0) is 0 Å². The van der Waals surface area contributed by atoms with Crippen molar-refractivity contribution in [3.05, 3.63) is 54.7 Å². The van der Waals surface area contributed by atoms with Gasteiger partial charge in [-0.25, -0.2) is 0 Å². The molecule has 2 heterocycles. The van der Waals surface area contributed by atoms with Crippen LogP contribution in [0, 0.1) is 10.1 Å². The molecule has 1 aliphatic rings. The summed E-state index contributed by atoms with van der Waals surface area (Å²) in [6.45, 7) is 3.36. The van der Waals surface area contributed by atoms with Crippen LogP contribution in [-0.4, -0.2) is 41.1 Å². The van der Waals surface area contributed by atoms with E-state index >= 15 is 0 Å². The SMILES string of the molecule is O=[N+]([O-])c1cc(Br)cc([C@H](c2cccs2)N2CCNCC2)c1O. The Labute approximate surface area is 146 Å². The zero-order chi connectivity index (χ0) is 16.4. The quantitative estimate of drug-likeness (QED) is 0.611. The van der Waals surface area contributed by atoms with Crippen LogP contribution < -0.4 is 5.32 Å². The molecule has 122 valence electrons. The Bertz CT molecular complexity index is 702. The molecule has 3 rings (SSSR count). The summed E-state index contributed by atoms with van der Waals surface area (Å²) in [5.41, 5.74) is 0.293. The number of halogens is 1. The molecular weight excluding hydrogens is 382 g/mol. The fourth-order valence-electron chi connectivity index (χ4n) is 2.87. The molecule has 0 saturated carbocycles. The van der Waals surface area contributed by atoms with Crippen molar-refractivity contribution >= 4 is 33.0 Å². The Hall–Kier alpha value is -1.48. The van der Waals surface area contributed by atoms with Gasteiger partial charge >= 0.3 is 5.69 Å². The van der Waals surface area contributed by atoms with E-state index < -0.39 is 4.92 Å². The molecule has 0 radical (unpaired) electrons. The first kappa shape index (κ1) is 16.4. The van der Waals surface area contributed by atoms with Gasteiger partial charge in [-0.2, -0.15) is 0 Å². The topological polar surface area (TPSA) is 78.6 Å². The standard InChI is InChI=1S/C15H16BrN3O3S/c16-10-8-11(15(20)12(9-10)19(21)22)14(13-2-1-7-23-13)18-5-3-17-4-6-18/h1-2,7-9,14,17,20H,3-6H2/t14-/m1/s1. The highest BCUT2D eigenvalue weighted by Gasteiger charge is 2.30. The molecule has 2 N–H and O–H groups in total. The number of phenolic OH excluding ortho intramolecular Hbond substituents is 1. The molecular formula is C15H16BrN3O3S. The molecule has 1 aliphatic heterocycles. The number of hydrogen-bond donors (Lipinski definition) is 2. The van der Waals surface area contributed by atoms with Gasteiger partial charge in [-0.05, 0) is 17.5 Å². The third-order valence-corrected chi connectivity index (χ3v) is 5.29. The van der Waals surface area contributed by atoms with E-state index in [0.29, 0.717) is 10.0 Å². The monoisotopic (exact) mass is 397 g/mol. The Morgan fingerprint density at radius 2 is 2.13 bits per heavy atom. The Morgan fingerprint density at radius 3 is 2.74 bits per heavy atom. The molecule has 1 aromatic carbocycles. The maximum absolute atomic E-state index is 11.2. The van der Waals surface area contributed by atoms with Gasteiger partial charge in [-0.3, -0.25) is 15.0 Å². The fraction of sp³-hybridized carbons (Fsp3) is 0.333. The molecule has 8 heteroatoms. The van der Waals surface area contributed by atoms with Crippen molar-refractivity contribution in [2.24, 2.45) is 0 Å². The lowest BCUT2D eigenvalue weighted by atomic mass is 10.0. The number of nitro benzene ring substituents is 1. The summed E-state index contributed by atoms with van der Waals surface area (Å²) in [5.74, 6) is -0.255. The number of thiophene rings is 1. The normalized spacial score (nSPS) is 17.1. The maximum Gasteiger partial charge on any atom is 0.312 e. The van der Waals surface area contributed by atoms with Crippen LogP contribution >= 0.6 is 27.3 Å². The van der Waals surface area contributed by atoms with Crippen molar-refractivity contribution in [3.8, 4) is 5.75 Å². The smallest absolute Gasteiger partial charge is 0.312 e. The third kappa shape index (κ3) is 3.40. The first-order chi connectivity index (χ1) is 11.1. The second-order valence-corrected chi connectivity index (χ2v) is 7.22. The number of nitrogens with zero attached hydrogens (tertiary/aromatic N) is 2. The zero-order valence-corrected chi connectivity index (χ0v) is 14.6. The Morgan fingerprint density at radius 1 is 1.39 bits per heavy atom.